The summed E-state index contributed by atoms with van der Waals surface area (Å²) in [6.45, 7) is 5.39. The molecule has 0 unspecified atom stereocenters. The van der Waals surface area contributed by atoms with Gasteiger partial charge in [-0.1, -0.05) is 13.5 Å². The molecule has 0 aliphatic rings. The number of carbonyl (C=O) groups excluding carboxylic acids is 2. The largest absolute Gasteiger partial charge is 0.493 e. The molecule has 0 bridgehead atoms. The molecule has 0 spiro atoms. The van der Waals surface area contributed by atoms with Crippen LogP contribution in [0.15, 0.2) is 36.4 Å². The number of aliphatic carboxylic acids is 1. The van der Waals surface area contributed by atoms with E-state index in [1.54, 1.807) is 6.07 Å². The molecule has 8 nitrogen and oxygen atoms in total. The van der Waals surface area contributed by atoms with Crippen LogP contribution >= 0.6 is 22.7 Å². The standard InChI is InChI=1S/C30H28F2O8S2/c1-5-6-18(33)24-9-16-22(41-24)11-20(37-3)29(27(16)31)39-13-15(2)14-40-30-21(38-4)12-23-17(28(30)32)10-25(42-23)19(34)7-8-26(35)36/h9-12H,2,5-8,13-14H2,1,3-4H3,(H,35,36). The van der Waals surface area contributed by atoms with Gasteiger partial charge in [-0.15, -0.1) is 22.7 Å². The van der Waals surface area contributed by atoms with Gasteiger partial charge < -0.3 is 24.1 Å². The Hall–Kier alpha value is -4.03. The van der Waals surface area contributed by atoms with Crippen LogP contribution in [0.2, 0.25) is 0 Å². The molecule has 4 rings (SSSR count). The zero-order valence-corrected chi connectivity index (χ0v) is 24.8. The highest BCUT2D eigenvalue weighted by atomic mass is 32.1. The number of methoxy groups -OCH3 is 2. The van der Waals surface area contributed by atoms with Crippen molar-refractivity contribution in [3.8, 4) is 23.0 Å². The van der Waals surface area contributed by atoms with Crippen LogP contribution in [0.4, 0.5) is 8.78 Å². The van der Waals surface area contributed by atoms with Crippen LogP contribution in [0.1, 0.15) is 52.0 Å². The summed E-state index contributed by atoms with van der Waals surface area (Å²) in [6, 6.07) is 6.01. The Morgan fingerprint density at radius 1 is 0.786 bits per heavy atom. The molecular formula is C30H28F2O8S2. The van der Waals surface area contributed by atoms with Crippen molar-refractivity contribution in [2.75, 3.05) is 27.4 Å². The number of hydrogen-bond acceptors (Lipinski definition) is 9. The van der Waals surface area contributed by atoms with Crippen molar-refractivity contribution in [1.82, 2.24) is 0 Å². The smallest absolute Gasteiger partial charge is 0.303 e. The normalized spacial score (nSPS) is 11.1. The maximum atomic E-state index is 15.5. The third-order valence-electron chi connectivity index (χ3n) is 6.24. The van der Waals surface area contributed by atoms with Gasteiger partial charge in [-0.3, -0.25) is 14.4 Å². The Labute approximate surface area is 248 Å². The van der Waals surface area contributed by atoms with Gasteiger partial charge in [0.2, 0.25) is 0 Å². The number of carbonyl (C=O) groups is 3. The number of carboxylic acids is 1. The third-order valence-corrected chi connectivity index (χ3v) is 8.49. The predicted molar refractivity (Wildman–Crippen MR) is 157 cm³/mol. The van der Waals surface area contributed by atoms with Crippen LogP contribution in [0.3, 0.4) is 0 Å². The van der Waals surface area contributed by atoms with Crippen LogP contribution in [-0.2, 0) is 4.79 Å². The summed E-state index contributed by atoms with van der Waals surface area (Å²) in [5.74, 6) is -3.11. The van der Waals surface area contributed by atoms with Crippen LogP contribution in [-0.4, -0.2) is 50.1 Å². The molecule has 12 heteroatoms. The van der Waals surface area contributed by atoms with Gasteiger partial charge in [-0.25, -0.2) is 8.78 Å². The minimum atomic E-state index is -1.10. The second-order valence-electron chi connectivity index (χ2n) is 9.31. The maximum Gasteiger partial charge on any atom is 0.303 e. The second-order valence-corrected chi connectivity index (χ2v) is 11.5. The van der Waals surface area contributed by atoms with E-state index in [9.17, 15) is 14.4 Å². The predicted octanol–water partition coefficient (Wildman–Crippen LogP) is 7.46. The van der Waals surface area contributed by atoms with Gasteiger partial charge in [0.25, 0.3) is 0 Å². The summed E-state index contributed by atoms with van der Waals surface area (Å²) < 4.78 is 53.9. The molecule has 4 aromatic rings. The molecule has 0 saturated heterocycles. The number of Topliss-reactive ketones (excluding diaryl/α,β-unsaturated/α-hetero) is 2. The minimum Gasteiger partial charge on any atom is -0.493 e. The maximum absolute atomic E-state index is 15.5. The average Bonchev–Trinajstić information content (AvgIpc) is 3.60. The molecule has 2 heterocycles. The fraction of sp³-hybridized carbons (Fsp3) is 0.300. The Morgan fingerprint density at radius 2 is 1.24 bits per heavy atom. The minimum absolute atomic E-state index is 0.0608. The highest BCUT2D eigenvalue weighted by Crippen LogP contribution is 2.42. The van der Waals surface area contributed by atoms with Gasteiger partial charge in [-0.05, 0) is 24.1 Å². The van der Waals surface area contributed by atoms with E-state index in [0.29, 0.717) is 32.7 Å². The number of rotatable bonds is 15. The lowest BCUT2D eigenvalue weighted by molar-refractivity contribution is -0.136. The summed E-state index contributed by atoms with van der Waals surface area (Å²) in [7, 11) is 2.72. The third kappa shape index (κ3) is 6.55. The fourth-order valence-corrected chi connectivity index (χ4v) is 6.24. The Morgan fingerprint density at radius 3 is 1.64 bits per heavy atom. The molecule has 2 aromatic heterocycles. The molecule has 0 radical (unpaired) electrons. The van der Waals surface area contributed by atoms with E-state index >= 15 is 8.78 Å². The van der Waals surface area contributed by atoms with Gasteiger partial charge in [0.15, 0.2) is 46.2 Å². The zero-order valence-electron chi connectivity index (χ0n) is 23.1. The molecule has 0 aliphatic heterocycles. The summed E-state index contributed by atoms with van der Waals surface area (Å²) >= 11 is 2.22. The van der Waals surface area contributed by atoms with Crippen molar-refractivity contribution in [1.29, 1.82) is 0 Å². The Bertz CT molecular complexity index is 1690. The first-order valence-electron chi connectivity index (χ1n) is 12.9. The van der Waals surface area contributed by atoms with E-state index in [1.807, 2.05) is 6.92 Å². The first kappa shape index (κ1) is 30.9. The monoisotopic (exact) mass is 618 g/mol. The topological polar surface area (TPSA) is 108 Å². The molecule has 42 heavy (non-hydrogen) atoms. The van der Waals surface area contributed by atoms with Gasteiger partial charge in [-0.2, -0.15) is 0 Å². The van der Waals surface area contributed by atoms with Crippen LogP contribution in [0.25, 0.3) is 20.2 Å². The van der Waals surface area contributed by atoms with E-state index in [0.717, 1.165) is 11.3 Å². The highest BCUT2D eigenvalue weighted by molar-refractivity contribution is 7.21. The average molecular weight is 619 g/mol. The van der Waals surface area contributed by atoms with Gasteiger partial charge >= 0.3 is 5.97 Å². The molecule has 222 valence electrons. The van der Waals surface area contributed by atoms with Crippen molar-refractivity contribution in [2.45, 2.75) is 32.6 Å². The SMILES string of the molecule is C=C(COc1c(OC)cc2sc(C(=O)CCC)cc2c1F)COc1c(OC)cc2sc(C(=O)CCC(=O)O)cc2c1F. The fourth-order valence-electron chi connectivity index (χ4n) is 4.13. The number of ether oxygens (including phenoxy) is 4. The van der Waals surface area contributed by atoms with E-state index in [4.69, 9.17) is 24.1 Å². The summed E-state index contributed by atoms with van der Waals surface area (Å²) in [6.07, 6.45) is 0.524. The quantitative estimate of drug-likeness (QED) is 0.108. The first-order valence-corrected chi connectivity index (χ1v) is 14.5. The summed E-state index contributed by atoms with van der Waals surface area (Å²) in [5.41, 5.74) is 0.345. The Kier molecular flexibility index (Phi) is 9.79. The lowest BCUT2D eigenvalue weighted by atomic mass is 10.1. The number of carboxylic acid groups (broad SMARTS) is 1. The molecule has 2 aromatic carbocycles. The van der Waals surface area contributed by atoms with Gasteiger partial charge in [0.1, 0.15) is 13.2 Å². The molecule has 0 amide bonds. The molecule has 0 atom stereocenters. The highest BCUT2D eigenvalue weighted by Gasteiger charge is 2.22. The molecule has 0 saturated carbocycles. The lowest BCUT2D eigenvalue weighted by Crippen LogP contribution is -2.11. The number of fused-ring (bicyclic) bond motifs is 2. The number of hydrogen-bond donors (Lipinski definition) is 1. The second kappa shape index (κ2) is 13.3. The number of benzene rings is 2. The molecular weight excluding hydrogens is 590 g/mol. The van der Waals surface area contributed by atoms with E-state index < -0.39 is 23.4 Å². The number of ketones is 2. The van der Waals surface area contributed by atoms with Gasteiger partial charge in [0, 0.05) is 45.1 Å². The van der Waals surface area contributed by atoms with Crippen molar-refractivity contribution < 1.29 is 47.2 Å². The van der Waals surface area contributed by atoms with Crippen molar-refractivity contribution in [3.05, 3.63) is 57.8 Å². The van der Waals surface area contributed by atoms with Crippen LogP contribution in [0.5, 0.6) is 23.0 Å². The molecule has 0 aliphatic carbocycles. The zero-order chi connectivity index (χ0) is 30.6. The van der Waals surface area contributed by atoms with Crippen molar-refractivity contribution in [2.24, 2.45) is 0 Å². The molecule has 0 fully saturated rings. The Balaban J connectivity index is 1.49. The van der Waals surface area contributed by atoms with E-state index in [2.05, 4.69) is 6.58 Å². The summed E-state index contributed by atoms with van der Waals surface area (Å²) in [4.78, 5) is 36.2. The number of thiophene rings is 2. The van der Waals surface area contributed by atoms with Crippen LogP contribution < -0.4 is 18.9 Å². The van der Waals surface area contributed by atoms with E-state index in [-0.39, 0.29) is 70.5 Å². The van der Waals surface area contributed by atoms with Crippen LogP contribution in [0, 0.1) is 11.6 Å². The van der Waals surface area contributed by atoms with Gasteiger partial charge in [0.05, 0.1) is 30.4 Å². The van der Waals surface area contributed by atoms with Crippen molar-refractivity contribution >= 4 is 60.4 Å². The van der Waals surface area contributed by atoms with E-state index in [1.165, 1.54) is 43.8 Å². The number of halogens is 2. The molecule has 1 N–H and O–H groups in total. The summed E-state index contributed by atoms with van der Waals surface area (Å²) in [5, 5.41) is 9.20. The first-order chi connectivity index (χ1) is 20.1. The lowest BCUT2D eigenvalue weighted by Gasteiger charge is -2.15. The van der Waals surface area contributed by atoms with Crippen molar-refractivity contribution in [3.63, 3.8) is 0 Å².